The van der Waals surface area contributed by atoms with E-state index in [2.05, 4.69) is 10.2 Å². The predicted molar refractivity (Wildman–Crippen MR) is 45.9 cm³/mol. The van der Waals surface area contributed by atoms with Crippen LogP contribution in [0.1, 0.15) is 6.42 Å². The van der Waals surface area contributed by atoms with Gasteiger partial charge in [-0.05, 0) is 0 Å². The summed E-state index contributed by atoms with van der Waals surface area (Å²) in [6.45, 7) is 3.90. The number of hydrogen-bond acceptors (Lipinski definition) is 4. The number of nitrogens with one attached hydrogen (secondary N) is 1. The first-order valence-corrected chi connectivity index (χ1v) is 4.29. The van der Waals surface area contributed by atoms with E-state index in [-0.39, 0.29) is 6.23 Å². The largest absolute Gasteiger partial charge is 0.366 e. The van der Waals surface area contributed by atoms with Crippen molar-refractivity contribution in [2.45, 2.75) is 12.6 Å². The SMILES string of the molecule is CO[C@@H](CC=O)N1CCNCC1. The molecule has 4 nitrogen and oxygen atoms in total. The summed E-state index contributed by atoms with van der Waals surface area (Å²) < 4.78 is 5.20. The average Bonchev–Trinajstić information content (AvgIpc) is 2.15. The number of rotatable bonds is 4. The lowest BCUT2D eigenvalue weighted by Gasteiger charge is -2.32. The topological polar surface area (TPSA) is 41.6 Å². The number of carbonyl (C=O) groups excluding carboxylic acids is 1. The van der Waals surface area contributed by atoms with Crippen LogP contribution in [-0.2, 0) is 9.53 Å². The molecule has 0 amide bonds. The van der Waals surface area contributed by atoms with E-state index in [4.69, 9.17) is 4.74 Å². The molecule has 0 aliphatic carbocycles. The summed E-state index contributed by atoms with van der Waals surface area (Å²) in [4.78, 5) is 12.5. The molecule has 0 spiro atoms. The molecule has 1 saturated heterocycles. The molecule has 1 atom stereocenters. The van der Waals surface area contributed by atoms with Crippen molar-refractivity contribution < 1.29 is 9.53 Å². The van der Waals surface area contributed by atoms with Crippen LogP contribution in [0.2, 0.25) is 0 Å². The number of hydrogen-bond donors (Lipinski definition) is 1. The number of piperazine rings is 1. The maximum atomic E-state index is 10.3. The van der Waals surface area contributed by atoms with Crippen LogP contribution < -0.4 is 5.32 Å². The molecule has 4 heteroatoms. The summed E-state index contributed by atoms with van der Waals surface area (Å²) in [5.41, 5.74) is 0. The molecular formula is C8H16N2O2. The van der Waals surface area contributed by atoms with Crippen molar-refractivity contribution in [2.24, 2.45) is 0 Å². The highest BCUT2D eigenvalue weighted by molar-refractivity contribution is 5.49. The summed E-state index contributed by atoms with van der Waals surface area (Å²) in [5, 5.41) is 3.25. The molecule has 0 aromatic rings. The predicted octanol–water partition coefficient (Wildman–Crippen LogP) is -0.547. The fraction of sp³-hybridized carbons (Fsp3) is 0.875. The second kappa shape index (κ2) is 5.24. The fourth-order valence-corrected chi connectivity index (χ4v) is 1.45. The number of aldehydes is 1. The molecule has 1 heterocycles. The van der Waals surface area contributed by atoms with E-state index >= 15 is 0 Å². The number of nitrogens with zero attached hydrogens (tertiary/aromatic N) is 1. The molecule has 12 heavy (non-hydrogen) atoms. The van der Waals surface area contributed by atoms with Gasteiger partial charge in [-0.15, -0.1) is 0 Å². The van der Waals surface area contributed by atoms with Gasteiger partial charge in [0.25, 0.3) is 0 Å². The lowest BCUT2D eigenvalue weighted by Crippen LogP contribution is -2.49. The zero-order valence-corrected chi connectivity index (χ0v) is 7.45. The van der Waals surface area contributed by atoms with E-state index in [9.17, 15) is 4.79 Å². The van der Waals surface area contributed by atoms with Crippen molar-refractivity contribution in [3.05, 3.63) is 0 Å². The van der Waals surface area contributed by atoms with Gasteiger partial charge in [0, 0.05) is 39.7 Å². The lowest BCUT2D eigenvalue weighted by molar-refractivity contribution is -0.114. The van der Waals surface area contributed by atoms with Gasteiger partial charge >= 0.3 is 0 Å². The third kappa shape index (κ3) is 2.55. The smallest absolute Gasteiger partial charge is 0.123 e. The maximum Gasteiger partial charge on any atom is 0.123 e. The van der Waals surface area contributed by atoms with Crippen molar-refractivity contribution in [3.8, 4) is 0 Å². The minimum absolute atomic E-state index is 0.0235. The highest BCUT2D eigenvalue weighted by Gasteiger charge is 2.18. The molecule has 1 fully saturated rings. The van der Waals surface area contributed by atoms with Gasteiger partial charge < -0.3 is 14.8 Å². The van der Waals surface area contributed by atoms with Crippen molar-refractivity contribution in [2.75, 3.05) is 33.3 Å². The minimum Gasteiger partial charge on any atom is -0.366 e. The second-order valence-corrected chi connectivity index (χ2v) is 2.88. The number of ether oxygens (including phenoxy) is 1. The van der Waals surface area contributed by atoms with Gasteiger partial charge in [0.2, 0.25) is 0 Å². The van der Waals surface area contributed by atoms with Gasteiger partial charge in [0.1, 0.15) is 12.5 Å². The van der Waals surface area contributed by atoms with Crippen LogP contribution in [0.25, 0.3) is 0 Å². The Labute approximate surface area is 72.9 Å². The van der Waals surface area contributed by atoms with Gasteiger partial charge in [0.15, 0.2) is 0 Å². The molecule has 0 radical (unpaired) electrons. The molecular weight excluding hydrogens is 156 g/mol. The molecule has 1 aliphatic rings. The first kappa shape index (κ1) is 9.64. The quantitative estimate of drug-likeness (QED) is 0.578. The minimum atomic E-state index is -0.0235. The van der Waals surface area contributed by atoms with E-state index in [1.807, 2.05) is 0 Å². The zero-order chi connectivity index (χ0) is 8.81. The molecule has 0 aromatic heterocycles. The lowest BCUT2D eigenvalue weighted by atomic mass is 10.3. The number of carbonyl (C=O) groups is 1. The summed E-state index contributed by atoms with van der Waals surface area (Å²) in [5.74, 6) is 0. The Balaban J connectivity index is 2.34. The van der Waals surface area contributed by atoms with Crippen molar-refractivity contribution in [3.63, 3.8) is 0 Å². The Bertz CT molecular complexity index is 135. The van der Waals surface area contributed by atoms with Gasteiger partial charge in [0.05, 0.1) is 0 Å². The van der Waals surface area contributed by atoms with Crippen molar-refractivity contribution >= 4 is 6.29 Å². The van der Waals surface area contributed by atoms with E-state index < -0.39 is 0 Å². The van der Waals surface area contributed by atoms with Crippen molar-refractivity contribution in [1.82, 2.24) is 10.2 Å². The van der Waals surface area contributed by atoms with Crippen molar-refractivity contribution in [1.29, 1.82) is 0 Å². The fourth-order valence-electron chi connectivity index (χ4n) is 1.45. The summed E-state index contributed by atoms with van der Waals surface area (Å²) in [6, 6.07) is 0. The Morgan fingerprint density at radius 2 is 2.25 bits per heavy atom. The van der Waals surface area contributed by atoms with Crippen LogP contribution in [-0.4, -0.2) is 50.7 Å². The highest BCUT2D eigenvalue weighted by Crippen LogP contribution is 2.04. The van der Waals surface area contributed by atoms with Crippen LogP contribution in [0.4, 0.5) is 0 Å². The van der Waals surface area contributed by atoms with Crippen LogP contribution in [0, 0.1) is 0 Å². The molecule has 1 N–H and O–H groups in total. The highest BCUT2D eigenvalue weighted by atomic mass is 16.5. The molecule has 0 aromatic carbocycles. The molecule has 0 bridgehead atoms. The zero-order valence-electron chi connectivity index (χ0n) is 7.45. The van der Waals surface area contributed by atoms with Crippen LogP contribution in [0.3, 0.4) is 0 Å². The monoisotopic (exact) mass is 172 g/mol. The molecule has 1 rings (SSSR count). The molecule has 0 saturated carbocycles. The first-order valence-electron chi connectivity index (χ1n) is 4.29. The van der Waals surface area contributed by atoms with Gasteiger partial charge in [-0.2, -0.15) is 0 Å². The van der Waals surface area contributed by atoms with Gasteiger partial charge in [-0.3, -0.25) is 4.90 Å². The standard InChI is InChI=1S/C8H16N2O2/c1-12-8(2-7-11)10-5-3-9-4-6-10/h7-9H,2-6H2,1H3/t8-/m0/s1. The molecule has 0 unspecified atom stereocenters. The molecule has 70 valence electrons. The van der Waals surface area contributed by atoms with Gasteiger partial charge in [-0.1, -0.05) is 0 Å². The van der Waals surface area contributed by atoms with E-state index in [0.717, 1.165) is 32.5 Å². The maximum absolute atomic E-state index is 10.3. The van der Waals surface area contributed by atoms with E-state index in [1.54, 1.807) is 7.11 Å². The summed E-state index contributed by atoms with van der Waals surface area (Å²) in [6.07, 6.45) is 1.36. The third-order valence-corrected chi connectivity index (χ3v) is 2.13. The Kier molecular flexibility index (Phi) is 4.21. The Hall–Kier alpha value is -0.450. The molecule has 1 aliphatic heterocycles. The number of methoxy groups -OCH3 is 1. The third-order valence-electron chi connectivity index (χ3n) is 2.13. The Morgan fingerprint density at radius 1 is 1.58 bits per heavy atom. The van der Waals surface area contributed by atoms with E-state index in [1.165, 1.54) is 0 Å². The van der Waals surface area contributed by atoms with Crippen LogP contribution in [0.15, 0.2) is 0 Å². The first-order chi connectivity index (χ1) is 5.88. The van der Waals surface area contributed by atoms with Crippen LogP contribution in [0.5, 0.6) is 0 Å². The average molecular weight is 172 g/mol. The normalized spacial score (nSPS) is 22.1. The summed E-state index contributed by atoms with van der Waals surface area (Å²) in [7, 11) is 1.65. The Morgan fingerprint density at radius 3 is 2.75 bits per heavy atom. The van der Waals surface area contributed by atoms with E-state index in [0.29, 0.717) is 6.42 Å². The van der Waals surface area contributed by atoms with Gasteiger partial charge in [-0.25, -0.2) is 0 Å². The van der Waals surface area contributed by atoms with Crippen LogP contribution >= 0.6 is 0 Å². The second-order valence-electron chi connectivity index (χ2n) is 2.88. The summed E-state index contributed by atoms with van der Waals surface area (Å²) >= 11 is 0.